The van der Waals surface area contributed by atoms with Crippen molar-refractivity contribution in [3.8, 4) is 11.3 Å². The molecule has 0 aliphatic carbocycles. The van der Waals surface area contributed by atoms with Gasteiger partial charge in [-0.15, -0.1) is 0 Å². The van der Waals surface area contributed by atoms with Crippen LogP contribution in [0.1, 0.15) is 42.1 Å². The van der Waals surface area contributed by atoms with E-state index in [2.05, 4.69) is 37.1 Å². The summed E-state index contributed by atoms with van der Waals surface area (Å²) < 4.78 is 0. The molecule has 1 amide bonds. The molecule has 2 aromatic carbocycles. The first-order valence-electron chi connectivity index (χ1n) is 11.3. The van der Waals surface area contributed by atoms with E-state index in [1.807, 2.05) is 47.4 Å². The zero-order valence-corrected chi connectivity index (χ0v) is 19.6. The van der Waals surface area contributed by atoms with Crippen LogP contribution < -0.4 is 4.90 Å². The fourth-order valence-electron chi connectivity index (χ4n) is 3.87. The van der Waals surface area contributed by atoms with Gasteiger partial charge in [-0.1, -0.05) is 61.2 Å². The maximum Gasteiger partial charge on any atom is 0.253 e. The van der Waals surface area contributed by atoms with E-state index in [1.165, 1.54) is 0 Å². The minimum Gasteiger partial charge on any atom is -0.360 e. The molecule has 0 N–H and O–H groups in total. The number of anilines is 1. The number of amides is 1. The van der Waals surface area contributed by atoms with Crippen LogP contribution in [0.15, 0.2) is 65.8 Å². The highest BCUT2D eigenvalue weighted by atomic mass is 32.2. The van der Waals surface area contributed by atoms with Crippen LogP contribution in [-0.4, -0.2) is 47.5 Å². The Morgan fingerprint density at radius 3 is 2.44 bits per heavy atom. The van der Waals surface area contributed by atoms with Gasteiger partial charge in [0, 0.05) is 49.6 Å². The van der Waals surface area contributed by atoms with E-state index in [0.29, 0.717) is 0 Å². The molecule has 1 aliphatic rings. The summed E-state index contributed by atoms with van der Waals surface area (Å²) in [5.74, 6) is 1.84. The summed E-state index contributed by atoms with van der Waals surface area (Å²) in [5.41, 5.74) is 3.96. The van der Waals surface area contributed by atoms with Crippen LogP contribution >= 0.6 is 11.8 Å². The molecule has 1 saturated heterocycles. The molecular weight excluding hydrogens is 416 g/mol. The highest BCUT2D eigenvalue weighted by Crippen LogP contribution is 2.27. The molecule has 1 aromatic heterocycles. The summed E-state index contributed by atoms with van der Waals surface area (Å²) in [5, 5.41) is 0.765. The van der Waals surface area contributed by atoms with Crippen LogP contribution in [-0.2, 0) is 5.75 Å². The van der Waals surface area contributed by atoms with E-state index in [4.69, 9.17) is 9.97 Å². The molecule has 0 radical (unpaired) electrons. The fraction of sp³-hybridized carbons (Fsp3) is 0.346. The molecule has 0 spiro atoms. The summed E-state index contributed by atoms with van der Waals surface area (Å²) in [6, 6.07) is 20.3. The highest BCUT2D eigenvalue weighted by molar-refractivity contribution is 7.98. The Hall–Kier alpha value is -2.86. The molecule has 5 nitrogen and oxygen atoms in total. The molecule has 1 aliphatic heterocycles. The quantitative estimate of drug-likeness (QED) is 0.337. The van der Waals surface area contributed by atoms with Crippen molar-refractivity contribution in [3.05, 3.63) is 71.8 Å². The number of hydrogen-bond acceptors (Lipinski definition) is 5. The van der Waals surface area contributed by atoms with Gasteiger partial charge in [-0.3, -0.25) is 4.79 Å². The van der Waals surface area contributed by atoms with E-state index in [1.54, 1.807) is 11.8 Å². The average Bonchev–Trinajstić information content (AvgIpc) is 3.38. The van der Waals surface area contributed by atoms with Crippen LogP contribution in [0.2, 0.25) is 0 Å². The van der Waals surface area contributed by atoms with Gasteiger partial charge in [0.2, 0.25) is 0 Å². The molecule has 166 valence electrons. The third kappa shape index (κ3) is 5.49. The number of thioether (sulfide) groups is 1. The number of carbonyl (C=O) groups is 1. The smallest absolute Gasteiger partial charge is 0.253 e. The van der Waals surface area contributed by atoms with Crippen LogP contribution in [0.25, 0.3) is 11.3 Å². The Balaban J connectivity index is 1.49. The lowest BCUT2D eigenvalue weighted by atomic mass is 10.1. The lowest BCUT2D eigenvalue weighted by molar-refractivity contribution is 0.0793. The minimum absolute atomic E-state index is 0.143. The second-order valence-electron chi connectivity index (χ2n) is 8.17. The summed E-state index contributed by atoms with van der Waals surface area (Å²) in [6.45, 7) is 4.87. The van der Waals surface area contributed by atoms with Crippen molar-refractivity contribution in [3.63, 3.8) is 0 Å². The van der Waals surface area contributed by atoms with Crippen molar-refractivity contribution >= 4 is 23.5 Å². The lowest BCUT2D eigenvalue weighted by Gasteiger charge is -2.18. The molecule has 32 heavy (non-hydrogen) atoms. The second kappa shape index (κ2) is 10.6. The number of rotatable bonds is 8. The monoisotopic (exact) mass is 446 g/mol. The number of benzene rings is 2. The van der Waals surface area contributed by atoms with Crippen molar-refractivity contribution in [1.82, 2.24) is 14.9 Å². The molecular formula is C26H30N4OS. The van der Waals surface area contributed by atoms with Crippen molar-refractivity contribution in [2.75, 3.05) is 31.6 Å². The third-order valence-electron chi connectivity index (χ3n) is 5.67. The van der Waals surface area contributed by atoms with Gasteiger partial charge in [-0.2, -0.15) is 0 Å². The number of carbonyl (C=O) groups excluding carboxylic acids is 1. The number of hydrogen-bond donors (Lipinski definition) is 0. The predicted octanol–water partition coefficient (Wildman–Crippen LogP) is 5.52. The van der Waals surface area contributed by atoms with E-state index in [0.717, 1.165) is 78.0 Å². The van der Waals surface area contributed by atoms with Crippen molar-refractivity contribution < 1.29 is 4.79 Å². The Morgan fingerprint density at radius 2 is 1.75 bits per heavy atom. The van der Waals surface area contributed by atoms with E-state index >= 15 is 0 Å². The van der Waals surface area contributed by atoms with Crippen LogP contribution in [0.5, 0.6) is 0 Å². The number of nitrogens with zero attached hydrogens (tertiary/aromatic N) is 4. The lowest BCUT2D eigenvalue weighted by Crippen LogP contribution is -2.27. The second-order valence-corrected chi connectivity index (χ2v) is 9.11. The Labute approximate surface area is 194 Å². The SMILES string of the molecule is CCCN(C)c1cc(-c2ccccc2)nc(SCc2ccc(C(=O)N3CCCC3)cc2)n1. The molecule has 6 heteroatoms. The average molecular weight is 447 g/mol. The molecule has 0 unspecified atom stereocenters. The molecule has 0 atom stereocenters. The Kier molecular flexibility index (Phi) is 7.43. The predicted molar refractivity (Wildman–Crippen MR) is 132 cm³/mol. The summed E-state index contributed by atoms with van der Waals surface area (Å²) >= 11 is 1.63. The molecule has 4 rings (SSSR count). The molecule has 0 saturated carbocycles. The molecule has 1 fully saturated rings. The van der Waals surface area contributed by atoms with Gasteiger partial charge in [0.15, 0.2) is 5.16 Å². The number of aromatic nitrogens is 2. The van der Waals surface area contributed by atoms with Gasteiger partial charge >= 0.3 is 0 Å². The highest BCUT2D eigenvalue weighted by Gasteiger charge is 2.19. The Morgan fingerprint density at radius 1 is 1.03 bits per heavy atom. The maximum absolute atomic E-state index is 12.6. The summed E-state index contributed by atoms with van der Waals surface area (Å²) in [6.07, 6.45) is 3.28. The Bertz CT molecular complexity index is 1030. The number of likely N-dealkylation sites (tertiary alicyclic amines) is 1. The van der Waals surface area contributed by atoms with Gasteiger partial charge in [-0.05, 0) is 37.0 Å². The van der Waals surface area contributed by atoms with Crippen molar-refractivity contribution in [2.24, 2.45) is 0 Å². The van der Waals surface area contributed by atoms with Crippen molar-refractivity contribution in [1.29, 1.82) is 0 Å². The largest absolute Gasteiger partial charge is 0.360 e. The van der Waals surface area contributed by atoms with Crippen LogP contribution in [0.3, 0.4) is 0 Å². The zero-order valence-electron chi connectivity index (χ0n) is 18.8. The normalized spacial score (nSPS) is 13.4. The van der Waals surface area contributed by atoms with Gasteiger partial charge in [0.05, 0.1) is 5.69 Å². The van der Waals surface area contributed by atoms with Crippen molar-refractivity contribution in [2.45, 2.75) is 37.1 Å². The third-order valence-corrected chi connectivity index (χ3v) is 6.59. The van der Waals surface area contributed by atoms with Gasteiger partial charge < -0.3 is 9.80 Å². The first-order valence-corrected chi connectivity index (χ1v) is 12.3. The first kappa shape index (κ1) is 22.3. The summed E-state index contributed by atoms with van der Waals surface area (Å²) in [4.78, 5) is 26.3. The molecule has 3 aromatic rings. The maximum atomic E-state index is 12.6. The first-order chi connectivity index (χ1) is 15.6. The van der Waals surface area contributed by atoms with Crippen LogP contribution in [0, 0.1) is 0 Å². The van der Waals surface area contributed by atoms with Gasteiger partial charge in [0.25, 0.3) is 5.91 Å². The minimum atomic E-state index is 0.143. The standard InChI is InChI=1S/C26H30N4OS/c1-3-15-29(2)24-18-23(21-9-5-4-6-10-21)27-26(28-24)32-19-20-11-13-22(14-12-20)25(31)30-16-7-8-17-30/h4-6,9-14,18H,3,7-8,15-17,19H2,1-2H3. The topological polar surface area (TPSA) is 49.3 Å². The van der Waals surface area contributed by atoms with Gasteiger partial charge in [0.1, 0.15) is 5.82 Å². The zero-order chi connectivity index (χ0) is 22.3. The molecule has 2 heterocycles. The van der Waals surface area contributed by atoms with Gasteiger partial charge in [-0.25, -0.2) is 9.97 Å². The molecule has 0 bridgehead atoms. The van der Waals surface area contributed by atoms with Crippen LogP contribution in [0.4, 0.5) is 5.82 Å². The summed E-state index contributed by atoms with van der Waals surface area (Å²) in [7, 11) is 2.07. The van der Waals surface area contributed by atoms with E-state index in [-0.39, 0.29) is 5.91 Å². The van der Waals surface area contributed by atoms with E-state index < -0.39 is 0 Å². The fourth-order valence-corrected chi connectivity index (χ4v) is 4.68. The van der Waals surface area contributed by atoms with E-state index in [9.17, 15) is 4.79 Å².